The van der Waals surface area contributed by atoms with Gasteiger partial charge in [-0.15, -0.1) is 0 Å². The minimum Gasteiger partial charge on any atom is -0.253 e. The van der Waals surface area contributed by atoms with Crippen molar-refractivity contribution in [3.05, 3.63) is 39.7 Å². The summed E-state index contributed by atoms with van der Waals surface area (Å²) in [6.07, 6.45) is 2.50. The van der Waals surface area contributed by atoms with Crippen LogP contribution in [0.25, 0.3) is 11.5 Å². The van der Waals surface area contributed by atoms with Gasteiger partial charge < -0.3 is 0 Å². The summed E-state index contributed by atoms with van der Waals surface area (Å²) in [5.41, 5.74) is 1.62. The number of halogens is 2. The number of aromatic nitrogens is 3. The van der Waals surface area contributed by atoms with Crippen molar-refractivity contribution >= 4 is 27.5 Å². The first-order valence-electron chi connectivity index (χ1n) is 4.85. The third kappa shape index (κ3) is 2.23. The van der Waals surface area contributed by atoms with E-state index in [0.29, 0.717) is 11.0 Å². The molecule has 0 aliphatic heterocycles. The summed E-state index contributed by atoms with van der Waals surface area (Å²) in [5, 5.41) is 0.424. The van der Waals surface area contributed by atoms with Gasteiger partial charge in [0.05, 0.1) is 10.2 Å². The second kappa shape index (κ2) is 4.89. The third-order valence-electron chi connectivity index (χ3n) is 2.11. The van der Waals surface area contributed by atoms with Crippen LogP contribution in [0.2, 0.25) is 5.15 Å². The molecule has 0 aromatic carbocycles. The smallest absolute Gasteiger partial charge is 0.179 e. The van der Waals surface area contributed by atoms with E-state index >= 15 is 0 Å². The van der Waals surface area contributed by atoms with Gasteiger partial charge in [0.25, 0.3) is 0 Å². The zero-order chi connectivity index (χ0) is 11.5. The Bertz CT molecular complexity index is 502. The lowest BCUT2D eigenvalue weighted by molar-refractivity contribution is 0.984. The van der Waals surface area contributed by atoms with Gasteiger partial charge in [-0.2, -0.15) is 0 Å². The fraction of sp³-hybridized carbons (Fsp3) is 0.182. The molecule has 5 heteroatoms. The van der Waals surface area contributed by atoms with Gasteiger partial charge in [-0.3, -0.25) is 4.98 Å². The van der Waals surface area contributed by atoms with Crippen molar-refractivity contribution in [3.63, 3.8) is 0 Å². The van der Waals surface area contributed by atoms with E-state index < -0.39 is 0 Å². The first-order valence-corrected chi connectivity index (χ1v) is 6.02. The molecule has 2 aromatic rings. The summed E-state index contributed by atoms with van der Waals surface area (Å²) in [7, 11) is 0. The molecule has 0 atom stereocenters. The minimum atomic E-state index is 0.424. The van der Waals surface area contributed by atoms with Crippen molar-refractivity contribution in [2.45, 2.75) is 13.3 Å². The fourth-order valence-electron chi connectivity index (χ4n) is 1.31. The van der Waals surface area contributed by atoms with Crippen molar-refractivity contribution in [2.24, 2.45) is 0 Å². The molecule has 0 amide bonds. The number of rotatable bonds is 2. The molecule has 0 bridgehead atoms. The molecule has 0 aliphatic rings. The molecule has 0 spiro atoms. The summed E-state index contributed by atoms with van der Waals surface area (Å²) in [4.78, 5) is 12.8. The molecular weight excluding hydrogens is 289 g/mol. The van der Waals surface area contributed by atoms with E-state index in [0.717, 1.165) is 22.3 Å². The highest BCUT2D eigenvalue weighted by atomic mass is 79.9. The van der Waals surface area contributed by atoms with Gasteiger partial charge in [-0.25, -0.2) is 9.97 Å². The zero-order valence-corrected chi connectivity index (χ0v) is 11.0. The van der Waals surface area contributed by atoms with Crippen molar-refractivity contribution < 1.29 is 0 Å². The number of hydrogen-bond acceptors (Lipinski definition) is 3. The van der Waals surface area contributed by atoms with Crippen LogP contribution >= 0.6 is 27.5 Å². The largest absolute Gasteiger partial charge is 0.253 e. The Morgan fingerprint density at radius 3 is 2.75 bits per heavy atom. The Morgan fingerprint density at radius 2 is 2.12 bits per heavy atom. The molecule has 0 unspecified atom stereocenters. The number of hydrogen-bond donors (Lipinski definition) is 0. The van der Waals surface area contributed by atoms with E-state index in [1.807, 2.05) is 25.1 Å². The Labute approximate surface area is 107 Å². The SMILES string of the molecule is CCc1nc(-c2ccccn2)nc(Cl)c1Br. The van der Waals surface area contributed by atoms with E-state index in [1.165, 1.54) is 0 Å². The highest BCUT2D eigenvalue weighted by Crippen LogP contribution is 2.26. The van der Waals surface area contributed by atoms with Crippen LogP contribution in [0.4, 0.5) is 0 Å². The molecule has 0 saturated heterocycles. The van der Waals surface area contributed by atoms with Crippen LogP contribution in [0, 0.1) is 0 Å². The lowest BCUT2D eigenvalue weighted by Crippen LogP contribution is -1.98. The molecule has 0 saturated carbocycles. The summed E-state index contributed by atoms with van der Waals surface area (Å²) in [5.74, 6) is 0.561. The maximum Gasteiger partial charge on any atom is 0.179 e. The summed E-state index contributed by atoms with van der Waals surface area (Å²) in [6, 6.07) is 5.61. The number of pyridine rings is 1. The highest BCUT2D eigenvalue weighted by Gasteiger charge is 2.11. The first-order chi connectivity index (χ1) is 7.72. The van der Waals surface area contributed by atoms with E-state index in [2.05, 4.69) is 30.9 Å². The highest BCUT2D eigenvalue weighted by molar-refractivity contribution is 9.10. The van der Waals surface area contributed by atoms with Crippen LogP contribution < -0.4 is 0 Å². The number of nitrogens with zero attached hydrogens (tertiary/aromatic N) is 3. The van der Waals surface area contributed by atoms with Crippen molar-refractivity contribution in [1.82, 2.24) is 15.0 Å². The molecule has 0 N–H and O–H groups in total. The van der Waals surface area contributed by atoms with Gasteiger partial charge in [0.2, 0.25) is 0 Å². The van der Waals surface area contributed by atoms with Gasteiger partial charge >= 0.3 is 0 Å². The van der Waals surface area contributed by atoms with E-state index in [4.69, 9.17) is 11.6 Å². The first kappa shape index (κ1) is 11.5. The second-order valence-electron chi connectivity index (χ2n) is 3.17. The third-order valence-corrected chi connectivity index (χ3v) is 3.44. The monoisotopic (exact) mass is 297 g/mol. The van der Waals surface area contributed by atoms with Gasteiger partial charge in [0, 0.05) is 6.20 Å². The van der Waals surface area contributed by atoms with Crippen LogP contribution in [0.1, 0.15) is 12.6 Å². The van der Waals surface area contributed by atoms with Crippen molar-refractivity contribution in [3.8, 4) is 11.5 Å². The van der Waals surface area contributed by atoms with Crippen LogP contribution in [0.15, 0.2) is 28.9 Å². The molecular formula is C11H9BrClN3. The Balaban J connectivity index is 2.55. The van der Waals surface area contributed by atoms with Crippen LogP contribution in [-0.2, 0) is 6.42 Å². The molecule has 2 rings (SSSR count). The van der Waals surface area contributed by atoms with Gasteiger partial charge in [0.1, 0.15) is 10.8 Å². The van der Waals surface area contributed by atoms with Crippen LogP contribution in [-0.4, -0.2) is 15.0 Å². The standard InChI is InChI=1S/C11H9BrClN3/c1-2-7-9(12)10(13)16-11(15-7)8-5-3-4-6-14-8/h3-6H,2H2,1H3. The topological polar surface area (TPSA) is 38.7 Å². The second-order valence-corrected chi connectivity index (χ2v) is 4.32. The maximum absolute atomic E-state index is 6.02. The maximum atomic E-state index is 6.02. The molecule has 82 valence electrons. The summed E-state index contributed by atoms with van der Waals surface area (Å²) in [6.45, 7) is 2.02. The average molecular weight is 299 g/mol. The molecule has 16 heavy (non-hydrogen) atoms. The van der Waals surface area contributed by atoms with Crippen LogP contribution in [0.5, 0.6) is 0 Å². The predicted octanol–water partition coefficient (Wildman–Crippen LogP) is 3.52. The molecule has 0 aliphatic carbocycles. The van der Waals surface area contributed by atoms with Gasteiger partial charge in [-0.05, 0) is 34.5 Å². The van der Waals surface area contributed by atoms with Crippen LogP contribution in [0.3, 0.4) is 0 Å². The molecule has 0 fully saturated rings. The lowest BCUT2D eigenvalue weighted by atomic mass is 10.3. The Kier molecular flexibility index (Phi) is 3.51. The van der Waals surface area contributed by atoms with Gasteiger partial charge in [0.15, 0.2) is 5.82 Å². The van der Waals surface area contributed by atoms with E-state index in [9.17, 15) is 0 Å². The molecule has 2 aromatic heterocycles. The Hall–Kier alpha value is -1.00. The minimum absolute atomic E-state index is 0.424. The number of aryl methyl sites for hydroxylation is 1. The van der Waals surface area contributed by atoms with E-state index in [-0.39, 0.29) is 0 Å². The van der Waals surface area contributed by atoms with Crippen molar-refractivity contribution in [1.29, 1.82) is 0 Å². The fourth-order valence-corrected chi connectivity index (χ4v) is 1.95. The zero-order valence-electron chi connectivity index (χ0n) is 8.61. The molecule has 3 nitrogen and oxygen atoms in total. The predicted molar refractivity (Wildman–Crippen MR) is 67.4 cm³/mol. The summed E-state index contributed by atoms with van der Waals surface area (Å²) >= 11 is 9.39. The quantitative estimate of drug-likeness (QED) is 0.796. The molecule has 0 radical (unpaired) electrons. The normalized spacial score (nSPS) is 10.4. The van der Waals surface area contributed by atoms with E-state index in [1.54, 1.807) is 6.20 Å². The summed E-state index contributed by atoms with van der Waals surface area (Å²) < 4.78 is 0.761. The molecule has 2 heterocycles. The lowest BCUT2D eigenvalue weighted by Gasteiger charge is -2.05. The van der Waals surface area contributed by atoms with Crippen molar-refractivity contribution in [2.75, 3.05) is 0 Å². The Morgan fingerprint density at radius 1 is 1.31 bits per heavy atom. The average Bonchev–Trinajstić information content (AvgIpc) is 2.33. The van der Waals surface area contributed by atoms with Gasteiger partial charge in [-0.1, -0.05) is 24.6 Å².